The zero-order valence-corrected chi connectivity index (χ0v) is 11.6. The average molecular weight is 256 g/mol. The van der Waals surface area contributed by atoms with Gasteiger partial charge in [0.1, 0.15) is 0 Å². The summed E-state index contributed by atoms with van der Waals surface area (Å²) in [7, 11) is 0. The number of hydrogen-bond acceptors (Lipinski definition) is 4. The topological polar surface area (TPSA) is 24.9 Å². The van der Waals surface area contributed by atoms with E-state index < -0.39 is 0 Å². The number of hydrogen-bond donors (Lipinski definition) is 1. The molecule has 2 rings (SSSR count). The lowest BCUT2D eigenvalue weighted by Crippen LogP contribution is -2.41. The van der Waals surface area contributed by atoms with Crippen LogP contribution in [0.1, 0.15) is 44.3 Å². The zero-order valence-electron chi connectivity index (χ0n) is 9.98. The Hall–Kier alpha value is -0.0600. The third-order valence-corrected chi connectivity index (χ3v) is 5.14. The largest absolute Gasteiger partial charge is 0.305 e. The predicted molar refractivity (Wildman–Crippen MR) is 73.2 cm³/mol. The number of nitrogens with one attached hydrogen (secondary N) is 1. The number of thiazole rings is 1. The molecule has 1 fully saturated rings. The number of rotatable bonds is 4. The summed E-state index contributed by atoms with van der Waals surface area (Å²) in [4.78, 5) is 4.38. The fourth-order valence-corrected chi connectivity index (χ4v) is 4.01. The molecular weight excluding hydrogens is 236 g/mol. The van der Waals surface area contributed by atoms with Crippen LogP contribution in [0.5, 0.6) is 0 Å². The van der Waals surface area contributed by atoms with Gasteiger partial charge in [0.2, 0.25) is 0 Å². The molecule has 1 heterocycles. The van der Waals surface area contributed by atoms with E-state index >= 15 is 0 Å². The van der Waals surface area contributed by atoms with Gasteiger partial charge in [0.05, 0.1) is 11.2 Å². The van der Waals surface area contributed by atoms with Crippen LogP contribution in [0.15, 0.2) is 10.9 Å². The lowest BCUT2D eigenvalue weighted by molar-refractivity contribution is 0.354. The van der Waals surface area contributed by atoms with E-state index in [1.54, 1.807) is 11.3 Å². The fraction of sp³-hybridized carbons (Fsp3) is 0.750. The average Bonchev–Trinajstić information content (AvgIpc) is 2.83. The van der Waals surface area contributed by atoms with Crippen molar-refractivity contribution in [1.29, 1.82) is 0 Å². The minimum Gasteiger partial charge on any atom is -0.305 e. The van der Waals surface area contributed by atoms with Crippen molar-refractivity contribution in [3.63, 3.8) is 0 Å². The van der Waals surface area contributed by atoms with Gasteiger partial charge < -0.3 is 5.32 Å². The van der Waals surface area contributed by atoms with Crippen molar-refractivity contribution in [3.05, 3.63) is 16.6 Å². The molecule has 2 nitrogen and oxygen atoms in total. The van der Waals surface area contributed by atoms with Crippen molar-refractivity contribution in [2.75, 3.05) is 6.26 Å². The molecule has 0 spiro atoms. The standard InChI is InChI=1S/C12H20N2S2/c1-9(11-7-16-8-13-11)14-10-5-3-4-6-12(10)15-2/h7-10,12,14H,3-6H2,1-2H3. The normalized spacial score (nSPS) is 27.9. The van der Waals surface area contributed by atoms with E-state index in [2.05, 4.69) is 28.9 Å². The van der Waals surface area contributed by atoms with Crippen LogP contribution in [-0.4, -0.2) is 22.5 Å². The Labute approximate surface area is 106 Å². The highest BCUT2D eigenvalue weighted by atomic mass is 32.2. The van der Waals surface area contributed by atoms with Gasteiger partial charge in [-0.05, 0) is 26.0 Å². The summed E-state index contributed by atoms with van der Waals surface area (Å²) in [5, 5.41) is 6.68. The Morgan fingerprint density at radius 2 is 2.31 bits per heavy atom. The second kappa shape index (κ2) is 6.03. The van der Waals surface area contributed by atoms with Gasteiger partial charge in [-0.15, -0.1) is 11.3 Å². The molecule has 3 atom stereocenters. The number of aromatic nitrogens is 1. The lowest BCUT2D eigenvalue weighted by atomic mass is 9.94. The smallest absolute Gasteiger partial charge is 0.0795 e. The van der Waals surface area contributed by atoms with Crippen molar-refractivity contribution < 1.29 is 0 Å². The van der Waals surface area contributed by atoms with Gasteiger partial charge in [0.15, 0.2) is 0 Å². The van der Waals surface area contributed by atoms with E-state index in [0.29, 0.717) is 12.1 Å². The van der Waals surface area contributed by atoms with Crippen LogP contribution >= 0.6 is 23.1 Å². The quantitative estimate of drug-likeness (QED) is 0.893. The molecule has 3 unspecified atom stereocenters. The second-order valence-electron chi connectivity index (χ2n) is 4.47. The monoisotopic (exact) mass is 256 g/mol. The molecule has 16 heavy (non-hydrogen) atoms. The van der Waals surface area contributed by atoms with Crippen molar-refractivity contribution in [2.45, 2.75) is 49.9 Å². The van der Waals surface area contributed by atoms with Crippen molar-refractivity contribution in [3.8, 4) is 0 Å². The Balaban J connectivity index is 1.92. The first kappa shape index (κ1) is 12.4. The molecule has 0 aromatic carbocycles. The van der Waals surface area contributed by atoms with Gasteiger partial charge in [-0.25, -0.2) is 4.98 Å². The maximum absolute atomic E-state index is 4.38. The van der Waals surface area contributed by atoms with Crippen LogP contribution < -0.4 is 5.32 Å². The molecule has 0 amide bonds. The molecule has 0 aliphatic heterocycles. The third-order valence-electron chi connectivity index (χ3n) is 3.36. The second-order valence-corrected chi connectivity index (χ2v) is 6.26. The molecule has 1 aromatic rings. The number of nitrogens with zero attached hydrogens (tertiary/aromatic N) is 1. The maximum atomic E-state index is 4.38. The van der Waals surface area contributed by atoms with Gasteiger partial charge in [-0.3, -0.25) is 0 Å². The summed E-state index contributed by atoms with van der Waals surface area (Å²) in [5.74, 6) is 0. The SMILES string of the molecule is CSC1CCCCC1NC(C)c1cscn1. The van der Waals surface area contributed by atoms with Gasteiger partial charge >= 0.3 is 0 Å². The summed E-state index contributed by atoms with van der Waals surface area (Å²) in [6, 6.07) is 1.06. The molecule has 1 N–H and O–H groups in total. The van der Waals surface area contributed by atoms with Crippen LogP contribution in [0, 0.1) is 0 Å². The highest BCUT2D eigenvalue weighted by Crippen LogP contribution is 2.28. The highest BCUT2D eigenvalue weighted by Gasteiger charge is 2.25. The summed E-state index contributed by atoms with van der Waals surface area (Å²) in [6.45, 7) is 2.22. The highest BCUT2D eigenvalue weighted by molar-refractivity contribution is 7.99. The van der Waals surface area contributed by atoms with Gasteiger partial charge in [0, 0.05) is 22.7 Å². The third kappa shape index (κ3) is 2.99. The first-order valence-electron chi connectivity index (χ1n) is 5.98. The summed E-state index contributed by atoms with van der Waals surface area (Å²) in [5.41, 5.74) is 3.11. The molecule has 1 aliphatic rings. The van der Waals surface area contributed by atoms with E-state index in [9.17, 15) is 0 Å². The number of thioether (sulfide) groups is 1. The van der Waals surface area contributed by atoms with Gasteiger partial charge in [0.25, 0.3) is 0 Å². The fourth-order valence-electron chi connectivity index (χ4n) is 2.41. The minimum atomic E-state index is 0.393. The molecule has 4 heteroatoms. The molecule has 1 saturated carbocycles. The van der Waals surface area contributed by atoms with E-state index in [4.69, 9.17) is 0 Å². The van der Waals surface area contributed by atoms with E-state index in [1.807, 2.05) is 17.3 Å². The first-order valence-corrected chi connectivity index (χ1v) is 8.21. The van der Waals surface area contributed by atoms with Crippen LogP contribution in [0.4, 0.5) is 0 Å². The molecule has 1 aromatic heterocycles. The first-order chi connectivity index (χ1) is 7.81. The molecule has 1 aliphatic carbocycles. The molecule has 0 radical (unpaired) electrons. The minimum absolute atomic E-state index is 0.393. The van der Waals surface area contributed by atoms with E-state index in [-0.39, 0.29) is 0 Å². The summed E-state index contributed by atoms with van der Waals surface area (Å²) in [6.07, 6.45) is 7.69. The summed E-state index contributed by atoms with van der Waals surface area (Å²) < 4.78 is 0. The molecular formula is C12H20N2S2. The lowest BCUT2D eigenvalue weighted by Gasteiger charge is -2.33. The van der Waals surface area contributed by atoms with Crippen LogP contribution in [0.2, 0.25) is 0 Å². The van der Waals surface area contributed by atoms with Gasteiger partial charge in [-0.1, -0.05) is 12.8 Å². The van der Waals surface area contributed by atoms with Crippen LogP contribution in [0.25, 0.3) is 0 Å². The Kier molecular flexibility index (Phi) is 4.67. The zero-order chi connectivity index (χ0) is 11.4. The maximum Gasteiger partial charge on any atom is 0.0795 e. The molecule has 90 valence electrons. The van der Waals surface area contributed by atoms with E-state index in [0.717, 1.165) is 5.25 Å². The van der Waals surface area contributed by atoms with Crippen molar-refractivity contribution in [2.24, 2.45) is 0 Å². The molecule has 0 saturated heterocycles. The van der Waals surface area contributed by atoms with Crippen molar-refractivity contribution in [1.82, 2.24) is 10.3 Å². The molecule has 0 bridgehead atoms. The Morgan fingerprint density at radius 1 is 1.50 bits per heavy atom. The Morgan fingerprint density at radius 3 is 3.00 bits per heavy atom. The van der Waals surface area contributed by atoms with Gasteiger partial charge in [-0.2, -0.15) is 11.8 Å². The van der Waals surface area contributed by atoms with Crippen molar-refractivity contribution >= 4 is 23.1 Å². The summed E-state index contributed by atoms with van der Waals surface area (Å²) >= 11 is 3.69. The predicted octanol–water partition coefficient (Wildman–Crippen LogP) is 3.47. The Bertz CT molecular complexity index is 300. The van der Waals surface area contributed by atoms with Crippen LogP contribution in [-0.2, 0) is 0 Å². The van der Waals surface area contributed by atoms with E-state index in [1.165, 1.54) is 31.4 Å². The van der Waals surface area contributed by atoms with Crippen LogP contribution in [0.3, 0.4) is 0 Å².